The van der Waals surface area contributed by atoms with Crippen LogP contribution in [0.25, 0.3) is 5.57 Å². The van der Waals surface area contributed by atoms with Gasteiger partial charge in [0.25, 0.3) is 0 Å². The van der Waals surface area contributed by atoms with Gasteiger partial charge in [0.15, 0.2) is 0 Å². The molecule has 0 radical (unpaired) electrons. The molecule has 0 amide bonds. The molecule has 31 heavy (non-hydrogen) atoms. The molecule has 0 bridgehead atoms. The van der Waals surface area contributed by atoms with E-state index >= 15 is 0 Å². The van der Waals surface area contributed by atoms with E-state index in [4.69, 9.17) is 16.3 Å². The molecule has 0 spiro atoms. The zero-order valence-corrected chi connectivity index (χ0v) is 20.2. The summed E-state index contributed by atoms with van der Waals surface area (Å²) in [6.07, 6.45) is 4.91. The highest BCUT2D eigenvalue weighted by molar-refractivity contribution is 9.10. The molecule has 0 atom stereocenters. The van der Waals surface area contributed by atoms with Gasteiger partial charge in [0.05, 0.1) is 12.7 Å². The summed E-state index contributed by atoms with van der Waals surface area (Å²) < 4.78 is 5.61. The summed E-state index contributed by atoms with van der Waals surface area (Å²) in [7, 11) is 1.40. The Balaban J connectivity index is 1.41. The summed E-state index contributed by atoms with van der Waals surface area (Å²) in [5, 5.41) is 0.795. The number of ether oxygens (including phenoxy) is 1. The van der Waals surface area contributed by atoms with Crippen molar-refractivity contribution in [2.75, 3.05) is 44.7 Å². The monoisotopic (exact) mass is 502 g/mol. The summed E-state index contributed by atoms with van der Waals surface area (Å²) in [6, 6.07) is 14.2. The van der Waals surface area contributed by atoms with Crippen molar-refractivity contribution in [3.05, 3.63) is 68.7 Å². The van der Waals surface area contributed by atoms with Crippen molar-refractivity contribution < 1.29 is 9.53 Å². The number of allylic oxidation sites excluding steroid dienone is 1. The van der Waals surface area contributed by atoms with Gasteiger partial charge in [-0.3, -0.25) is 4.90 Å². The van der Waals surface area contributed by atoms with E-state index in [1.54, 1.807) is 5.57 Å². The minimum absolute atomic E-state index is 0.319. The van der Waals surface area contributed by atoms with Crippen LogP contribution in [0.15, 0.2) is 52.5 Å². The summed E-state index contributed by atoms with van der Waals surface area (Å²) in [4.78, 5) is 16.8. The van der Waals surface area contributed by atoms with Crippen LogP contribution in [0.3, 0.4) is 0 Å². The van der Waals surface area contributed by atoms with Gasteiger partial charge in [0, 0.05) is 47.9 Å². The standard InChI is InChI=1S/C25H28BrClN2O2/c1-31-25(30)23-11-10-21(16-24(23)26)29-14-12-28(13-15-29)17-19-4-2-3-5-22(19)18-6-8-20(27)9-7-18/h6-11,16H,2-5,12-15,17H2,1H3. The van der Waals surface area contributed by atoms with E-state index in [0.717, 1.165) is 54.3 Å². The molecule has 164 valence electrons. The lowest BCUT2D eigenvalue weighted by molar-refractivity contribution is 0.0599. The number of hydrogen-bond donors (Lipinski definition) is 0. The molecule has 1 saturated heterocycles. The number of rotatable bonds is 5. The van der Waals surface area contributed by atoms with Crippen molar-refractivity contribution in [3.8, 4) is 0 Å². The third-order valence-electron chi connectivity index (χ3n) is 6.28. The van der Waals surface area contributed by atoms with Crippen molar-refractivity contribution in [1.29, 1.82) is 0 Å². The summed E-state index contributed by atoms with van der Waals surface area (Å²) in [5.41, 5.74) is 6.13. The van der Waals surface area contributed by atoms with E-state index in [-0.39, 0.29) is 5.97 Å². The lowest BCUT2D eigenvalue weighted by Crippen LogP contribution is -2.47. The number of methoxy groups -OCH3 is 1. The number of esters is 1. The number of benzene rings is 2. The molecule has 0 aromatic heterocycles. The Kier molecular flexibility index (Phi) is 7.36. The Morgan fingerprint density at radius 2 is 1.74 bits per heavy atom. The van der Waals surface area contributed by atoms with E-state index in [1.165, 1.54) is 37.5 Å². The van der Waals surface area contributed by atoms with Gasteiger partial charge >= 0.3 is 5.97 Å². The maximum Gasteiger partial charge on any atom is 0.339 e. The van der Waals surface area contributed by atoms with Crippen LogP contribution in [-0.2, 0) is 4.74 Å². The second-order valence-corrected chi connectivity index (χ2v) is 9.51. The molecule has 0 saturated carbocycles. The number of hydrogen-bond acceptors (Lipinski definition) is 4. The van der Waals surface area contributed by atoms with E-state index < -0.39 is 0 Å². The van der Waals surface area contributed by atoms with Crippen molar-refractivity contribution >= 4 is 44.8 Å². The van der Waals surface area contributed by atoms with Gasteiger partial charge in [0.2, 0.25) is 0 Å². The highest BCUT2D eigenvalue weighted by Crippen LogP contribution is 2.34. The zero-order valence-electron chi connectivity index (χ0n) is 17.9. The molecule has 1 fully saturated rings. The quantitative estimate of drug-likeness (QED) is 0.466. The van der Waals surface area contributed by atoms with Gasteiger partial charge in [-0.15, -0.1) is 0 Å². The average Bonchev–Trinajstić information content (AvgIpc) is 2.80. The predicted molar refractivity (Wildman–Crippen MR) is 131 cm³/mol. The average molecular weight is 504 g/mol. The number of halogens is 2. The molecule has 4 nitrogen and oxygen atoms in total. The topological polar surface area (TPSA) is 32.8 Å². The molecule has 1 aliphatic heterocycles. The van der Waals surface area contributed by atoms with Crippen LogP contribution in [0.5, 0.6) is 0 Å². The van der Waals surface area contributed by atoms with Crippen LogP contribution >= 0.6 is 27.5 Å². The molecule has 0 N–H and O–H groups in total. The fourth-order valence-electron chi connectivity index (χ4n) is 4.55. The Labute approximate surface area is 197 Å². The third-order valence-corrected chi connectivity index (χ3v) is 7.19. The van der Waals surface area contributed by atoms with Crippen LogP contribution in [0, 0.1) is 0 Å². The Bertz CT molecular complexity index is 966. The third kappa shape index (κ3) is 5.33. The Morgan fingerprint density at radius 1 is 1.03 bits per heavy atom. The second-order valence-electron chi connectivity index (χ2n) is 8.22. The molecular weight excluding hydrogens is 476 g/mol. The van der Waals surface area contributed by atoms with E-state index in [0.29, 0.717) is 5.56 Å². The van der Waals surface area contributed by atoms with Crippen molar-refractivity contribution in [3.63, 3.8) is 0 Å². The molecule has 2 aromatic carbocycles. The fraction of sp³-hybridized carbons (Fsp3) is 0.400. The minimum Gasteiger partial charge on any atom is -0.465 e. The van der Waals surface area contributed by atoms with E-state index in [1.807, 2.05) is 30.3 Å². The smallest absolute Gasteiger partial charge is 0.339 e. The van der Waals surface area contributed by atoms with Crippen LogP contribution in [0.2, 0.25) is 5.02 Å². The van der Waals surface area contributed by atoms with Crippen LogP contribution in [0.1, 0.15) is 41.6 Å². The summed E-state index contributed by atoms with van der Waals surface area (Å²) in [6.45, 7) is 5.08. The molecule has 0 unspecified atom stereocenters. The first kappa shape index (κ1) is 22.4. The summed E-state index contributed by atoms with van der Waals surface area (Å²) >= 11 is 9.61. The highest BCUT2D eigenvalue weighted by atomic mass is 79.9. The largest absolute Gasteiger partial charge is 0.465 e. The number of piperazine rings is 1. The van der Waals surface area contributed by atoms with Crippen molar-refractivity contribution in [2.24, 2.45) is 0 Å². The number of anilines is 1. The van der Waals surface area contributed by atoms with E-state index in [9.17, 15) is 4.79 Å². The molecule has 1 heterocycles. The first-order valence-electron chi connectivity index (χ1n) is 10.9. The molecular formula is C25H28BrClN2O2. The zero-order chi connectivity index (χ0) is 21.8. The van der Waals surface area contributed by atoms with Gasteiger partial charge in [0.1, 0.15) is 0 Å². The Morgan fingerprint density at radius 3 is 2.42 bits per heavy atom. The maximum absolute atomic E-state index is 11.8. The summed E-state index contributed by atoms with van der Waals surface area (Å²) in [5.74, 6) is -0.319. The maximum atomic E-state index is 11.8. The first-order valence-corrected chi connectivity index (χ1v) is 12.0. The SMILES string of the molecule is COC(=O)c1ccc(N2CCN(CC3=C(c4ccc(Cl)cc4)CCCC3)CC2)cc1Br. The molecule has 6 heteroatoms. The number of nitrogens with zero attached hydrogens (tertiary/aromatic N) is 2. The molecule has 2 aliphatic rings. The Hall–Kier alpha value is -1.82. The molecule has 2 aromatic rings. The minimum atomic E-state index is -0.319. The van der Waals surface area contributed by atoms with E-state index in [2.05, 4.69) is 37.9 Å². The van der Waals surface area contributed by atoms with Gasteiger partial charge in [-0.25, -0.2) is 4.79 Å². The molecule has 1 aliphatic carbocycles. The van der Waals surface area contributed by atoms with Crippen LogP contribution in [0.4, 0.5) is 5.69 Å². The number of carbonyl (C=O) groups is 1. The number of carbonyl (C=O) groups excluding carboxylic acids is 1. The normalized spacial score (nSPS) is 17.7. The second kappa shape index (κ2) is 10.2. The lowest BCUT2D eigenvalue weighted by atomic mass is 9.87. The predicted octanol–water partition coefficient (Wildman–Crippen LogP) is 6.04. The van der Waals surface area contributed by atoms with Crippen molar-refractivity contribution in [1.82, 2.24) is 4.90 Å². The van der Waals surface area contributed by atoms with Gasteiger partial charge < -0.3 is 9.64 Å². The van der Waals surface area contributed by atoms with Gasteiger partial charge in [-0.2, -0.15) is 0 Å². The van der Waals surface area contributed by atoms with Gasteiger partial charge in [-0.05, 0) is 83.1 Å². The van der Waals surface area contributed by atoms with Crippen LogP contribution in [-0.4, -0.2) is 50.7 Å². The van der Waals surface area contributed by atoms with Crippen molar-refractivity contribution in [2.45, 2.75) is 25.7 Å². The van der Waals surface area contributed by atoms with Gasteiger partial charge in [-0.1, -0.05) is 29.3 Å². The highest BCUT2D eigenvalue weighted by Gasteiger charge is 2.22. The van der Waals surface area contributed by atoms with Crippen LogP contribution < -0.4 is 4.90 Å². The fourth-order valence-corrected chi connectivity index (χ4v) is 5.21. The molecule has 4 rings (SSSR count). The first-order chi connectivity index (χ1) is 15.0. The lowest BCUT2D eigenvalue weighted by Gasteiger charge is -2.37.